The average molecular weight is 354 g/mol. The Morgan fingerprint density at radius 3 is 1.92 bits per heavy atom. The monoisotopic (exact) mass is 354 g/mol. The molecule has 1 rings (SSSR count). The van der Waals surface area contributed by atoms with Crippen LogP contribution in [0.1, 0.15) is 0 Å². The molecule has 24 heavy (non-hydrogen) atoms. The molecular weight excluding hydrogens is 328 g/mol. The van der Waals surface area contributed by atoms with Crippen LogP contribution in [-0.2, 0) is 47.4 Å². The number of methoxy groups -OCH3 is 4. The summed E-state index contributed by atoms with van der Waals surface area (Å²) < 4.78 is 46.7. The molecule has 0 amide bonds. The smallest absolute Gasteiger partial charge is 0.338 e. The molecule has 0 radical (unpaired) electrons. The lowest BCUT2D eigenvalue weighted by molar-refractivity contribution is -0.264. The number of cyclic esters (lactones) is 1. The van der Waals surface area contributed by atoms with E-state index in [1.165, 1.54) is 28.4 Å². The zero-order valence-corrected chi connectivity index (χ0v) is 14.4. The fourth-order valence-electron chi connectivity index (χ4n) is 2.16. The molecule has 0 aromatic carbocycles. The predicted molar refractivity (Wildman–Crippen MR) is 78.0 cm³/mol. The molecule has 0 aliphatic carbocycles. The number of esters is 1. The number of hydrogen-bond acceptors (Lipinski definition) is 10. The van der Waals surface area contributed by atoms with Crippen LogP contribution in [0.4, 0.5) is 0 Å². The summed E-state index contributed by atoms with van der Waals surface area (Å²) in [5, 5.41) is 0. The summed E-state index contributed by atoms with van der Waals surface area (Å²) in [6, 6.07) is 0. The topological polar surface area (TPSA) is 100 Å². The standard InChI is InChI=1S/C14H26O10/c1-16-6-20-5-10-11(21-7-17-2)12(22-8-18-3)13(14(15)24-10)23-9-19-4/h10-13H,5-9H2,1-4H3/t10?,11-,12-,13?/m0/s1. The van der Waals surface area contributed by atoms with Crippen molar-refractivity contribution >= 4 is 5.97 Å². The molecular formula is C14H26O10. The van der Waals surface area contributed by atoms with Crippen LogP contribution in [0.5, 0.6) is 0 Å². The Morgan fingerprint density at radius 1 is 0.792 bits per heavy atom. The summed E-state index contributed by atoms with van der Waals surface area (Å²) in [5.41, 5.74) is 0. The van der Waals surface area contributed by atoms with E-state index in [2.05, 4.69) is 0 Å². The van der Waals surface area contributed by atoms with Gasteiger partial charge in [0.2, 0.25) is 0 Å². The Balaban J connectivity index is 2.87. The first-order chi connectivity index (χ1) is 11.7. The lowest BCUT2D eigenvalue weighted by Crippen LogP contribution is -2.60. The third kappa shape index (κ3) is 6.57. The molecule has 1 saturated heterocycles. The normalized spacial score (nSPS) is 27.2. The van der Waals surface area contributed by atoms with Gasteiger partial charge >= 0.3 is 5.97 Å². The second kappa shape index (κ2) is 12.5. The van der Waals surface area contributed by atoms with Crippen LogP contribution in [0, 0.1) is 0 Å². The molecule has 1 aliphatic rings. The van der Waals surface area contributed by atoms with E-state index >= 15 is 0 Å². The summed E-state index contributed by atoms with van der Waals surface area (Å²) in [7, 11) is 5.88. The molecule has 0 saturated carbocycles. The maximum atomic E-state index is 12.2. The van der Waals surface area contributed by atoms with E-state index in [1.807, 2.05) is 0 Å². The van der Waals surface area contributed by atoms with Gasteiger partial charge in [0, 0.05) is 28.4 Å². The molecule has 0 N–H and O–H groups in total. The highest BCUT2D eigenvalue weighted by atomic mass is 16.7. The van der Waals surface area contributed by atoms with E-state index in [4.69, 9.17) is 42.6 Å². The zero-order valence-electron chi connectivity index (χ0n) is 14.4. The highest BCUT2D eigenvalue weighted by molar-refractivity contribution is 5.77. The Labute approximate surface area is 141 Å². The van der Waals surface area contributed by atoms with Crippen LogP contribution in [0.25, 0.3) is 0 Å². The molecule has 1 heterocycles. The van der Waals surface area contributed by atoms with Crippen molar-refractivity contribution in [3.63, 3.8) is 0 Å². The molecule has 1 fully saturated rings. The third-order valence-electron chi connectivity index (χ3n) is 3.09. The van der Waals surface area contributed by atoms with Gasteiger partial charge in [-0.05, 0) is 0 Å². The van der Waals surface area contributed by atoms with Crippen LogP contribution in [-0.4, -0.2) is 92.6 Å². The van der Waals surface area contributed by atoms with Crippen LogP contribution in [0.2, 0.25) is 0 Å². The van der Waals surface area contributed by atoms with Crippen molar-refractivity contribution < 1.29 is 47.4 Å². The second-order valence-electron chi connectivity index (χ2n) is 4.82. The minimum Gasteiger partial charge on any atom is -0.455 e. The number of carbonyl (C=O) groups excluding carboxylic acids is 1. The number of rotatable bonds is 13. The summed E-state index contributed by atoms with van der Waals surface area (Å²) in [4.78, 5) is 12.2. The molecule has 1 aliphatic heterocycles. The molecule has 2 unspecified atom stereocenters. The predicted octanol–water partition coefficient (Wildman–Crippen LogP) is -0.500. The molecule has 4 atom stereocenters. The average Bonchev–Trinajstić information content (AvgIpc) is 2.58. The van der Waals surface area contributed by atoms with Crippen molar-refractivity contribution in [3.05, 3.63) is 0 Å². The lowest BCUT2D eigenvalue weighted by atomic mass is 9.99. The zero-order chi connectivity index (χ0) is 17.8. The number of ether oxygens (including phenoxy) is 9. The minimum atomic E-state index is -1.03. The van der Waals surface area contributed by atoms with Gasteiger partial charge in [-0.25, -0.2) is 4.79 Å². The van der Waals surface area contributed by atoms with Crippen LogP contribution >= 0.6 is 0 Å². The Bertz CT molecular complexity index is 340. The van der Waals surface area contributed by atoms with Gasteiger partial charge in [0.15, 0.2) is 12.2 Å². The van der Waals surface area contributed by atoms with Crippen molar-refractivity contribution in [1.82, 2.24) is 0 Å². The maximum Gasteiger partial charge on any atom is 0.338 e. The lowest BCUT2D eigenvalue weighted by Gasteiger charge is -2.40. The fraction of sp³-hybridized carbons (Fsp3) is 0.929. The van der Waals surface area contributed by atoms with E-state index in [1.54, 1.807) is 0 Å². The van der Waals surface area contributed by atoms with Crippen LogP contribution < -0.4 is 0 Å². The van der Waals surface area contributed by atoms with Gasteiger partial charge in [0.1, 0.15) is 39.4 Å². The van der Waals surface area contributed by atoms with Gasteiger partial charge < -0.3 is 42.6 Å². The van der Waals surface area contributed by atoms with E-state index in [9.17, 15) is 4.79 Å². The SMILES string of the molecule is COCOCC1OC(=O)C(OCOC)[C@@H](OCOC)[C@H]1OCOC. The van der Waals surface area contributed by atoms with E-state index < -0.39 is 30.4 Å². The van der Waals surface area contributed by atoms with E-state index in [0.29, 0.717) is 0 Å². The fourth-order valence-corrected chi connectivity index (χ4v) is 2.16. The molecule has 0 aromatic rings. The summed E-state index contributed by atoms with van der Waals surface area (Å²) in [6.07, 6.45) is -3.21. The summed E-state index contributed by atoms with van der Waals surface area (Å²) in [6.45, 7) is -0.0550. The first-order valence-electron chi connectivity index (χ1n) is 7.28. The van der Waals surface area contributed by atoms with Crippen molar-refractivity contribution in [1.29, 1.82) is 0 Å². The van der Waals surface area contributed by atoms with Crippen molar-refractivity contribution in [2.75, 3.05) is 62.2 Å². The van der Waals surface area contributed by atoms with Gasteiger partial charge in [-0.3, -0.25) is 0 Å². The third-order valence-corrected chi connectivity index (χ3v) is 3.09. The summed E-state index contributed by atoms with van der Waals surface area (Å²) in [5.74, 6) is -0.601. The minimum absolute atomic E-state index is 0.0210. The van der Waals surface area contributed by atoms with Gasteiger partial charge in [-0.2, -0.15) is 0 Å². The molecule has 142 valence electrons. The van der Waals surface area contributed by atoms with Crippen molar-refractivity contribution in [2.24, 2.45) is 0 Å². The molecule has 10 nitrogen and oxygen atoms in total. The highest BCUT2D eigenvalue weighted by Crippen LogP contribution is 2.25. The first-order valence-corrected chi connectivity index (χ1v) is 7.28. The maximum absolute atomic E-state index is 12.2. The molecule has 0 aromatic heterocycles. The number of hydrogen-bond donors (Lipinski definition) is 0. The van der Waals surface area contributed by atoms with Gasteiger partial charge in [0.05, 0.1) is 6.61 Å². The first kappa shape index (κ1) is 21.2. The Morgan fingerprint density at radius 2 is 1.33 bits per heavy atom. The van der Waals surface area contributed by atoms with Crippen LogP contribution in [0.3, 0.4) is 0 Å². The van der Waals surface area contributed by atoms with Gasteiger partial charge in [-0.15, -0.1) is 0 Å². The Kier molecular flexibility index (Phi) is 11.0. The van der Waals surface area contributed by atoms with Crippen LogP contribution in [0.15, 0.2) is 0 Å². The summed E-state index contributed by atoms with van der Waals surface area (Å²) >= 11 is 0. The van der Waals surface area contributed by atoms with Crippen molar-refractivity contribution in [3.8, 4) is 0 Å². The van der Waals surface area contributed by atoms with Gasteiger partial charge in [0.25, 0.3) is 0 Å². The highest BCUT2D eigenvalue weighted by Gasteiger charge is 2.48. The van der Waals surface area contributed by atoms with Crippen molar-refractivity contribution in [2.45, 2.75) is 24.4 Å². The molecule has 10 heteroatoms. The van der Waals surface area contributed by atoms with Gasteiger partial charge in [-0.1, -0.05) is 0 Å². The van der Waals surface area contributed by atoms with E-state index in [-0.39, 0.29) is 33.8 Å². The number of carbonyl (C=O) groups is 1. The Hall–Kier alpha value is -0.850. The molecule has 0 spiro atoms. The second-order valence-corrected chi connectivity index (χ2v) is 4.82. The largest absolute Gasteiger partial charge is 0.455 e. The quantitative estimate of drug-likeness (QED) is 0.244. The molecule has 0 bridgehead atoms. The van der Waals surface area contributed by atoms with E-state index in [0.717, 1.165) is 0 Å².